The summed E-state index contributed by atoms with van der Waals surface area (Å²) in [6, 6.07) is 13.9. The third kappa shape index (κ3) is 4.68. The van der Waals surface area contributed by atoms with Gasteiger partial charge in [-0.25, -0.2) is 19.3 Å². The number of halogens is 1. The number of anilines is 1. The van der Waals surface area contributed by atoms with Crippen LogP contribution in [-0.2, 0) is 17.8 Å². The molecule has 3 aromatic heterocycles. The van der Waals surface area contributed by atoms with Crippen LogP contribution in [0.5, 0.6) is 0 Å². The second-order valence-electron chi connectivity index (χ2n) is 7.21. The number of carbonyl (C=O) groups excluding carboxylic acids is 1. The van der Waals surface area contributed by atoms with Gasteiger partial charge in [0.15, 0.2) is 5.65 Å². The largest absolute Gasteiger partial charge is 0.311 e. The zero-order valence-corrected chi connectivity index (χ0v) is 16.7. The monoisotopic (exact) mass is 403 g/mol. The minimum Gasteiger partial charge on any atom is -0.311 e. The highest BCUT2D eigenvalue weighted by Crippen LogP contribution is 2.18. The van der Waals surface area contributed by atoms with Crippen molar-refractivity contribution in [2.45, 2.75) is 32.7 Å². The van der Waals surface area contributed by atoms with Crippen molar-refractivity contribution in [3.8, 4) is 0 Å². The van der Waals surface area contributed by atoms with E-state index >= 15 is 0 Å². The van der Waals surface area contributed by atoms with Crippen molar-refractivity contribution in [3.05, 3.63) is 83.7 Å². The van der Waals surface area contributed by atoms with Gasteiger partial charge in [0.05, 0.1) is 6.54 Å². The minimum absolute atomic E-state index is 0.0781. The molecule has 0 unspecified atom stereocenters. The van der Waals surface area contributed by atoms with E-state index in [4.69, 9.17) is 4.98 Å². The molecule has 6 nitrogen and oxygen atoms in total. The van der Waals surface area contributed by atoms with Gasteiger partial charge in [0.2, 0.25) is 5.91 Å². The molecule has 0 aliphatic carbocycles. The molecule has 0 saturated carbocycles. The quantitative estimate of drug-likeness (QED) is 0.500. The molecule has 4 aromatic rings. The fraction of sp³-hybridized carbons (Fsp3) is 0.217. The van der Waals surface area contributed by atoms with Crippen LogP contribution in [0.15, 0.2) is 60.9 Å². The molecule has 0 atom stereocenters. The van der Waals surface area contributed by atoms with Gasteiger partial charge in [0, 0.05) is 25.2 Å². The SMILES string of the molecule is Cc1ccc(NC(=O)CCCc2nc3cccnc3n2Cc2ccc(F)cc2)nc1. The first-order chi connectivity index (χ1) is 14.6. The molecule has 1 N–H and O–H groups in total. The molecular formula is C23H22FN5O. The maximum Gasteiger partial charge on any atom is 0.225 e. The Labute approximate surface area is 173 Å². The molecule has 30 heavy (non-hydrogen) atoms. The number of nitrogens with zero attached hydrogens (tertiary/aromatic N) is 4. The summed E-state index contributed by atoms with van der Waals surface area (Å²) < 4.78 is 15.3. The first kappa shape index (κ1) is 19.7. The van der Waals surface area contributed by atoms with Crippen LogP contribution in [0.2, 0.25) is 0 Å². The number of pyridine rings is 2. The minimum atomic E-state index is -0.262. The second-order valence-corrected chi connectivity index (χ2v) is 7.21. The Morgan fingerprint density at radius 1 is 1.10 bits per heavy atom. The van der Waals surface area contributed by atoms with E-state index in [2.05, 4.69) is 15.3 Å². The summed E-state index contributed by atoms with van der Waals surface area (Å²) in [6.45, 7) is 2.49. The van der Waals surface area contributed by atoms with Gasteiger partial charge in [0.25, 0.3) is 0 Å². The Morgan fingerprint density at radius 2 is 1.93 bits per heavy atom. The van der Waals surface area contributed by atoms with E-state index in [9.17, 15) is 9.18 Å². The average Bonchev–Trinajstić information content (AvgIpc) is 3.09. The maximum atomic E-state index is 13.2. The van der Waals surface area contributed by atoms with Gasteiger partial charge >= 0.3 is 0 Å². The van der Waals surface area contributed by atoms with Crippen molar-refractivity contribution in [2.24, 2.45) is 0 Å². The molecule has 1 amide bonds. The predicted octanol–water partition coefficient (Wildman–Crippen LogP) is 4.28. The Balaban J connectivity index is 1.44. The molecule has 0 aliphatic heterocycles. The third-order valence-corrected chi connectivity index (χ3v) is 4.82. The predicted molar refractivity (Wildman–Crippen MR) is 114 cm³/mol. The van der Waals surface area contributed by atoms with Gasteiger partial charge in [-0.15, -0.1) is 0 Å². The number of nitrogens with one attached hydrogen (secondary N) is 1. The lowest BCUT2D eigenvalue weighted by Crippen LogP contribution is -2.13. The third-order valence-electron chi connectivity index (χ3n) is 4.82. The smallest absolute Gasteiger partial charge is 0.225 e. The number of hydrogen-bond acceptors (Lipinski definition) is 4. The number of aryl methyl sites for hydroxylation is 2. The zero-order chi connectivity index (χ0) is 20.9. The molecular weight excluding hydrogens is 381 g/mol. The number of aromatic nitrogens is 4. The maximum absolute atomic E-state index is 13.2. The van der Waals surface area contributed by atoms with Crippen molar-refractivity contribution >= 4 is 22.9 Å². The Kier molecular flexibility index (Phi) is 5.79. The molecule has 0 aliphatic rings. The van der Waals surface area contributed by atoms with Gasteiger partial charge in [-0.1, -0.05) is 18.2 Å². The van der Waals surface area contributed by atoms with Crippen molar-refractivity contribution in [2.75, 3.05) is 5.32 Å². The summed E-state index contributed by atoms with van der Waals surface area (Å²) >= 11 is 0. The van der Waals surface area contributed by atoms with E-state index in [1.807, 2.05) is 29.7 Å². The highest BCUT2D eigenvalue weighted by atomic mass is 19.1. The molecule has 152 valence electrons. The van der Waals surface area contributed by atoms with Crippen LogP contribution in [0.3, 0.4) is 0 Å². The van der Waals surface area contributed by atoms with E-state index in [0.29, 0.717) is 31.6 Å². The van der Waals surface area contributed by atoms with Gasteiger partial charge in [-0.2, -0.15) is 0 Å². The lowest BCUT2D eigenvalue weighted by atomic mass is 10.2. The van der Waals surface area contributed by atoms with Crippen LogP contribution in [0.1, 0.15) is 29.8 Å². The standard InChI is InChI=1S/C23H22FN5O/c1-16-7-12-20(26-14-16)28-22(30)6-2-5-21-27-19-4-3-13-25-23(19)29(21)15-17-8-10-18(24)11-9-17/h3-4,7-14H,2,5-6,15H2,1H3,(H,26,28,30). The Morgan fingerprint density at radius 3 is 2.70 bits per heavy atom. The van der Waals surface area contributed by atoms with Crippen molar-refractivity contribution in [1.82, 2.24) is 19.5 Å². The molecule has 0 fully saturated rings. The number of amides is 1. The highest BCUT2D eigenvalue weighted by Gasteiger charge is 2.13. The molecule has 0 spiro atoms. The second kappa shape index (κ2) is 8.82. The van der Waals surface area contributed by atoms with E-state index in [1.54, 1.807) is 30.6 Å². The first-order valence-electron chi connectivity index (χ1n) is 9.85. The molecule has 4 rings (SSSR count). The summed E-state index contributed by atoms with van der Waals surface area (Å²) in [6.07, 6.45) is 5.09. The van der Waals surface area contributed by atoms with Crippen LogP contribution in [0.25, 0.3) is 11.2 Å². The normalized spacial score (nSPS) is 11.0. The van der Waals surface area contributed by atoms with E-state index in [0.717, 1.165) is 28.1 Å². The molecule has 0 bridgehead atoms. The van der Waals surface area contributed by atoms with Crippen LogP contribution in [0.4, 0.5) is 10.2 Å². The van der Waals surface area contributed by atoms with E-state index < -0.39 is 0 Å². The number of benzene rings is 1. The lowest BCUT2D eigenvalue weighted by molar-refractivity contribution is -0.116. The first-order valence-corrected chi connectivity index (χ1v) is 9.85. The summed E-state index contributed by atoms with van der Waals surface area (Å²) in [4.78, 5) is 25.6. The van der Waals surface area contributed by atoms with Crippen molar-refractivity contribution < 1.29 is 9.18 Å². The topological polar surface area (TPSA) is 72.7 Å². The number of hydrogen-bond donors (Lipinski definition) is 1. The van der Waals surface area contributed by atoms with Gasteiger partial charge < -0.3 is 9.88 Å². The summed E-state index contributed by atoms with van der Waals surface area (Å²) in [5, 5.41) is 2.82. The van der Waals surface area contributed by atoms with Gasteiger partial charge in [0.1, 0.15) is 23.0 Å². The molecule has 3 heterocycles. The van der Waals surface area contributed by atoms with Crippen molar-refractivity contribution in [3.63, 3.8) is 0 Å². The van der Waals surface area contributed by atoms with Crippen molar-refractivity contribution in [1.29, 1.82) is 0 Å². The molecule has 0 radical (unpaired) electrons. The summed E-state index contributed by atoms with van der Waals surface area (Å²) in [5.41, 5.74) is 3.60. The fourth-order valence-electron chi connectivity index (χ4n) is 3.29. The average molecular weight is 403 g/mol. The Hall–Kier alpha value is -3.61. The molecule has 0 saturated heterocycles. The number of imidazole rings is 1. The van der Waals surface area contributed by atoms with Crippen LogP contribution in [0, 0.1) is 12.7 Å². The molecule has 1 aromatic carbocycles. The fourth-order valence-corrected chi connectivity index (χ4v) is 3.29. The summed E-state index contributed by atoms with van der Waals surface area (Å²) in [7, 11) is 0. The van der Waals surface area contributed by atoms with Crippen LogP contribution in [-0.4, -0.2) is 25.4 Å². The summed E-state index contributed by atoms with van der Waals surface area (Å²) in [5.74, 6) is 1.07. The van der Waals surface area contributed by atoms with Gasteiger partial charge in [-0.3, -0.25) is 4.79 Å². The van der Waals surface area contributed by atoms with Gasteiger partial charge in [-0.05, 0) is 54.8 Å². The van der Waals surface area contributed by atoms with E-state index in [1.165, 1.54) is 12.1 Å². The number of fused-ring (bicyclic) bond motifs is 1. The Bertz CT molecular complexity index is 1150. The van der Waals surface area contributed by atoms with Crippen LogP contribution < -0.4 is 5.32 Å². The number of rotatable bonds is 7. The van der Waals surface area contributed by atoms with E-state index in [-0.39, 0.29) is 11.7 Å². The zero-order valence-electron chi connectivity index (χ0n) is 16.7. The highest BCUT2D eigenvalue weighted by molar-refractivity contribution is 5.89. The number of carbonyl (C=O) groups is 1. The molecule has 7 heteroatoms. The van der Waals surface area contributed by atoms with Crippen LogP contribution >= 0.6 is 0 Å². The lowest BCUT2D eigenvalue weighted by Gasteiger charge is -2.09.